The maximum Gasteiger partial charge on any atom is 0.310 e. The van der Waals surface area contributed by atoms with Gasteiger partial charge in [0.05, 0.1) is 13.0 Å². The number of hydrogen-bond acceptors (Lipinski definition) is 3. The van der Waals surface area contributed by atoms with Crippen molar-refractivity contribution in [2.75, 3.05) is 20.2 Å². The molecule has 1 spiro atoms. The van der Waals surface area contributed by atoms with Crippen molar-refractivity contribution in [3.8, 4) is 0 Å². The van der Waals surface area contributed by atoms with E-state index >= 15 is 0 Å². The van der Waals surface area contributed by atoms with Gasteiger partial charge in [-0.3, -0.25) is 4.79 Å². The Bertz CT molecular complexity index is 203. The first-order valence-corrected chi connectivity index (χ1v) is 5.07. The number of carbonyl (C=O) groups is 1. The van der Waals surface area contributed by atoms with Gasteiger partial charge in [0.25, 0.3) is 0 Å². The summed E-state index contributed by atoms with van der Waals surface area (Å²) in [6.45, 7) is 1.82. The normalized spacial score (nSPS) is 31.0. The summed E-state index contributed by atoms with van der Waals surface area (Å²) in [4.78, 5) is 11.5. The van der Waals surface area contributed by atoms with Gasteiger partial charge in [0.2, 0.25) is 0 Å². The van der Waals surface area contributed by atoms with Gasteiger partial charge in [0.15, 0.2) is 0 Å². The van der Waals surface area contributed by atoms with Gasteiger partial charge in [-0.15, -0.1) is 0 Å². The van der Waals surface area contributed by atoms with Crippen LogP contribution in [-0.4, -0.2) is 26.2 Å². The number of hydrogen-bond donors (Lipinski definition) is 1. The SMILES string of the molecule is COC(=O)C1CNCC12CCCC2. The van der Waals surface area contributed by atoms with Crippen LogP contribution in [0.3, 0.4) is 0 Å². The van der Waals surface area contributed by atoms with Crippen LogP contribution in [-0.2, 0) is 9.53 Å². The number of esters is 1. The van der Waals surface area contributed by atoms with Crippen LogP contribution in [0.15, 0.2) is 0 Å². The second kappa shape index (κ2) is 3.29. The summed E-state index contributed by atoms with van der Waals surface area (Å²) >= 11 is 0. The predicted octanol–water partition coefficient (Wildman–Crippen LogP) is 0.939. The summed E-state index contributed by atoms with van der Waals surface area (Å²) in [5.74, 6) is 0.0897. The Hall–Kier alpha value is -0.570. The van der Waals surface area contributed by atoms with E-state index in [1.807, 2.05) is 0 Å². The molecular formula is C10H17NO2. The minimum Gasteiger partial charge on any atom is -0.469 e. The minimum absolute atomic E-state index is 0.0214. The van der Waals surface area contributed by atoms with E-state index in [4.69, 9.17) is 4.74 Å². The zero-order valence-corrected chi connectivity index (χ0v) is 8.14. The molecule has 0 aromatic heterocycles. The van der Waals surface area contributed by atoms with Gasteiger partial charge in [0.1, 0.15) is 0 Å². The minimum atomic E-state index is -0.0214. The van der Waals surface area contributed by atoms with Crippen LogP contribution in [0.25, 0.3) is 0 Å². The van der Waals surface area contributed by atoms with E-state index in [0.717, 1.165) is 13.1 Å². The lowest BCUT2D eigenvalue weighted by molar-refractivity contribution is -0.148. The Morgan fingerprint density at radius 3 is 2.77 bits per heavy atom. The molecule has 2 fully saturated rings. The summed E-state index contributed by atoms with van der Waals surface area (Å²) in [7, 11) is 1.49. The standard InChI is InChI=1S/C10H17NO2/c1-13-9(12)8-6-11-7-10(8)4-2-3-5-10/h8,11H,2-7H2,1H3. The molecule has 0 amide bonds. The van der Waals surface area contributed by atoms with Crippen LogP contribution >= 0.6 is 0 Å². The third-order valence-electron chi connectivity index (χ3n) is 3.65. The molecule has 2 rings (SSSR count). The lowest BCUT2D eigenvalue weighted by atomic mass is 9.76. The van der Waals surface area contributed by atoms with Crippen molar-refractivity contribution in [3.63, 3.8) is 0 Å². The van der Waals surface area contributed by atoms with Crippen molar-refractivity contribution in [2.24, 2.45) is 11.3 Å². The molecule has 3 heteroatoms. The third kappa shape index (κ3) is 1.35. The van der Waals surface area contributed by atoms with Crippen LogP contribution in [0.2, 0.25) is 0 Å². The molecule has 1 heterocycles. The molecule has 1 aliphatic heterocycles. The fourth-order valence-electron chi connectivity index (χ4n) is 2.89. The summed E-state index contributed by atoms with van der Waals surface area (Å²) in [6, 6.07) is 0. The van der Waals surface area contributed by atoms with Crippen LogP contribution in [0.4, 0.5) is 0 Å². The monoisotopic (exact) mass is 183 g/mol. The molecule has 0 radical (unpaired) electrons. The Morgan fingerprint density at radius 2 is 2.15 bits per heavy atom. The highest BCUT2D eigenvalue weighted by Gasteiger charge is 2.48. The second-order valence-corrected chi connectivity index (χ2v) is 4.28. The Kier molecular flexibility index (Phi) is 2.28. The lowest BCUT2D eigenvalue weighted by Gasteiger charge is -2.27. The fraction of sp³-hybridized carbons (Fsp3) is 0.900. The van der Waals surface area contributed by atoms with Gasteiger partial charge in [-0.05, 0) is 18.3 Å². The number of ether oxygens (including phenoxy) is 1. The Balaban J connectivity index is 2.13. The highest BCUT2D eigenvalue weighted by Crippen LogP contribution is 2.46. The molecule has 13 heavy (non-hydrogen) atoms. The van der Waals surface area contributed by atoms with Gasteiger partial charge in [-0.2, -0.15) is 0 Å². The smallest absolute Gasteiger partial charge is 0.310 e. The molecule has 74 valence electrons. The lowest BCUT2D eigenvalue weighted by Crippen LogP contribution is -2.33. The first-order chi connectivity index (χ1) is 6.28. The molecular weight excluding hydrogens is 166 g/mol. The topological polar surface area (TPSA) is 38.3 Å². The molecule has 0 bridgehead atoms. The number of rotatable bonds is 1. The van der Waals surface area contributed by atoms with Gasteiger partial charge in [-0.1, -0.05) is 12.8 Å². The van der Waals surface area contributed by atoms with Crippen molar-refractivity contribution >= 4 is 5.97 Å². The molecule has 1 atom stereocenters. The predicted molar refractivity (Wildman–Crippen MR) is 49.3 cm³/mol. The second-order valence-electron chi connectivity index (χ2n) is 4.28. The maximum atomic E-state index is 11.5. The molecule has 2 aliphatic rings. The molecule has 1 N–H and O–H groups in total. The zero-order chi connectivity index (χ0) is 9.31. The molecule has 1 aliphatic carbocycles. The van der Waals surface area contributed by atoms with E-state index in [-0.39, 0.29) is 17.3 Å². The fourth-order valence-corrected chi connectivity index (χ4v) is 2.89. The molecule has 1 saturated heterocycles. The van der Waals surface area contributed by atoms with E-state index < -0.39 is 0 Å². The van der Waals surface area contributed by atoms with Crippen molar-refractivity contribution in [2.45, 2.75) is 25.7 Å². The number of nitrogens with one attached hydrogen (secondary N) is 1. The van der Waals surface area contributed by atoms with Crippen LogP contribution in [0.5, 0.6) is 0 Å². The van der Waals surface area contributed by atoms with E-state index in [1.54, 1.807) is 0 Å². The average molecular weight is 183 g/mol. The van der Waals surface area contributed by atoms with Crippen molar-refractivity contribution in [3.05, 3.63) is 0 Å². The first-order valence-electron chi connectivity index (χ1n) is 5.07. The molecule has 1 saturated carbocycles. The first kappa shape index (κ1) is 9.00. The van der Waals surface area contributed by atoms with E-state index in [2.05, 4.69) is 5.32 Å². The van der Waals surface area contributed by atoms with Crippen LogP contribution in [0, 0.1) is 11.3 Å². The zero-order valence-electron chi connectivity index (χ0n) is 8.14. The average Bonchev–Trinajstić information content (AvgIpc) is 2.76. The Morgan fingerprint density at radius 1 is 1.46 bits per heavy atom. The highest BCUT2D eigenvalue weighted by molar-refractivity contribution is 5.74. The van der Waals surface area contributed by atoms with Crippen molar-refractivity contribution in [1.29, 1.82) is 0 Å². The largest absolute Gasteiger partial charge is 0.469 e. The highest BCUT2D eigenvalue weighted by atomic mass is 16.5. The van der Waals surface area contributed by atoms with Crippen molar-refractivity contribution < 1.29 is 9.53 Å². The number of methoxy groups -OCH3 is 1. The van der Waals surface area contributed by atoms with E-state index in [9.17, 15) is 4.79 Å². The Labute approximate surface area is 78.8 Å². The quantitative estimate of drug-likeness (QED) is 0.615. The van der Waals surface area contributed by atoms with Gasteiger partial charge in [0, 0.05) is 13.1 Å². The van der Waals surface area contributed by atoms with E-state index in [0.29, 0.717) is 0 Å². The summed E-state index contributed by atoms with van der Waals surface area (Å²) in [5.41, 5.74) is 0.243. The number of carbonyl (C=O) groups excluding carboxylic acids is 1. The summed E-state index contributed by atoms with van der Waals surface area (Å²) in [6.07, 6.45) is 4.93. The third-order valence-corrected chi connectivity index (χ3v) is 3.65. The van der Waals surface area contributed by atoms with Gasteiger partial charge >= 0.3 is 5.97 Å². The maximum absolute atomic E-state index is 11.5. The van der Waals surface area contributed by atoms with Crippen LogP contribution in [0.1, 0.15) is 25.7 Å². The molecule has 1 unspecified atom stereocenters. The summed E-state index contributed by atoms with van der Waals surface area (Å²) < 4.78 is 4.84. The van der Waals surface area contributed by atoms with Gasteiger partial charge in [-0.25, -0.2) is 0 Å². The summed E-state index contributed by atoms with van der Waals surface area (Å²) in [5, 5.41) is 3.32. The van der Waals surface area contributed by atoms with Crippen LogP contribution < -0.4 is 5.32 Å². The molecule has 3 nitrogen and oxygen atoms in total. The molecule has 0 aromatic carbocycles. The molecule has 0 aromatic rings. The van der Waals surface area contributed by atoms with Gasteiger partial charge < -0.3 is 10.1 Å². The van der Waals surface area contributed by atoms with Crippen molar-refractivity contribution in [1.82, 2.24) is 5.32 Å². The van der Waals surface area contributed by atoms with E-state index in [1.165, 1.54) is 32.8 Å².